The van der Waals surface area contributed by atoms with E-state index in [2.05, 4.69) is 25.0 Å². The number of aryl methyl sites for hydroxylation is 1. The molecule has 3 aromatic rings. The van der Waals surface area contributed by atoms with E-state index in [9.17, 15) is 4.39 Å². The number of hydrogen-bond donors (Lipinski definition) is 0. The molecule has 1 saturated heterocycles. The van der Waals surface area contributed by atoms with Gasteiger partial charge in [0.25, 0.3) is 0 Å². The average Bonchev–Trinajstić information content (AvgIpc) is 3.34. The Bertz CT molecular complexity index is 1100. The Kier molecular flexibility index (Phi) is 5.67. The van der Waals surface area contributed by atoms with E-state index in [4.69, 9.17) is 23.2 Å². The van der Waals surface area contributed by atoms with Crippen molar-refractivity contribution in [2.45, 2.75) is 32.2 Å². The predicted octanol–water partition coefficient (Wildman–Crippen LogP) is 5.54. The second-order valence-electron chi connectivity index (χ2n) is 8.01. The fourth-order valence-corrected chi connectivity index (χ4v) is 4.79. The number of nitrogens with zero attached hydrogens (tertiary/aromatic N) is 5. The number of anilines is 2. The fourth-order valence-electron chi connectivity index (χ4n) is 4.30. The minimum absolute atomic E-state index is 0.0727. The lowest BCUT2D eigenvalue weighted by atomic mass is 10.0. The van der Waals surface area contributed by atoms with Gasteiger partial charge in [-0.1, -0.05) is 23.2 Å². The van der Waals surface area contributed by atoms with Crippen molar-refractivity contribution in [3.8, 4) is 11.3 Å². The largest absolute Gasteiger partial charge is 0.365 e. The molecule has 0 atom stereocenters. The molecule has 2 aliphatic heterocycles. The maximum Gasteiger partial charge on any atom is 0.142 e. The van der Waals surface area contributed by atoms with Gasteiger partial charge in [0.05, 0.1) is 22.1 Å². The maximum absolute atomic E-state index is 14.0. The predicted molar refractivity (Wildman–Crippen MR) is 123 cm³/mol. The van der Waals surface area contributed by atoms with Crippen molar-refractivity contribution in [1.82, 2.24) is 15.2 Å². The van der Waals surface area contributed by atoms with Crippen molar-refractivity contribution in [1.29, 1.82) is 0 Å². The smallest absolute Gasteiger partial charge is 0.142 e. The molecule has 31 heavy (non-hydrogen) atoms. The molecule has 0 bridgehead atoms. The zero-order valence-electron chi connectivity index (χ0n) is 17.0. The van der Waals surface area contributed by atoms with Gasteiger partial charge >= 0.3 is 0 Å². The molecular formula is C23H22Cl2FN5. The number of pyridine rings is 1. The second-order valence-corrected chi connectivity index (χ2v) is 8.79. The van der Waals surface area contributed by atoms with Crippen LogP contribution in [-0.4, -0.2) is 34.8 Å². The highest BCUT2D eigenvalue weighted by molar-refractivity contribution is 6.36. The Morgan fingerprint density at radius 1 is 0.968 bits per heavy atom. The van der Waals surface area contributed by atoms with Crippen LogP contribution >= 0.6 is 23.2 Å². The molecule has 0 aliphatic carbocycles. The van der Waals surface area contributed by atoms with E-state index in [0.29, 0.717) is 17.1 Å². The third-order valence-corrected chi connectivity index (χ3v) is 6.75. The number of benzene rings is 1. The molecule has 2 aliphatic rings. The lowest BCUT2D eigenvalue weighted by molar-refractivity contribution is 0.622. The van der Waals surface area contributed by atoms with Crippen LogP contribution in [-0.2, 0) is 13.0 Å². The number of rotatable bonds is 4. The Morgan fingerprint density at radius 3 is 2.58 bits per heavy atom. The standard InChI is InChI=1S/C23H22Cl2FN5/c24-17-6-7-18(26)23(25)16(17)14-31-11-3-4-19-21(31)12-20(29-28-19)15-5-8-22(27-13-15)30-9-1-2-10-30/h5-8,12-13H,1-4,9-11,14H2. The summed E-state index contributed by atoms with van der Waals surface area (Å²) in [7, 11) is 0. The highest BCUT2D eigenvalue weighted by atomic mass is 35.5. The first-order chi connectivity index (χ1) is 15.1. The van der Waals surface area contributed by atoms with Gasteiger partial charge in [0.1, 0.15) is 11.6 Å². The van der Waals surface area contributed by atoms with Crippen LogP contribution in [0.5, 0.6) is 0 Å². The molecule has 4 heterocycles. The number of halogens is 3. The summed E-state index contributed by atoms with van der Waals surface area (Å²) in [5.74, 6) is 0.542. The summed E-state index contributed by atoms with van der Waals surface area (Å²) in [5, 5.41) is 9.45. The third-order valence-electron chi connectivity index (χ3n) is 5.99. The van der Waals surface area contributed by atoms with Gasteiger partial charge in [-0.25, -0.2) is 9.37 Å². The summed E-state index contributed by atoms with van der Waals surface area (Å²) in [6.45, 7) is 3.35. The van der Waals surface area contributed by atoms with Crippen LogP contribution in [0.2, 0.25) is 10.0 Å². The quantitative estimate of drug-likeness (QED) is 0.481. The van der Waals surface area contributed by atoms with E-state index in [1.807, 2.05) is 24.4 Å². The first-order valence-electron chi connectivity index (χ1n) is 10.6. The number of hydrogen-bond acceptors (Lipinski definition) is 5. The Morgan fingerprint density at radius 2 is 1.81 bits per heavy atom. The van der Waals surface area contributed by atoms with Crippen molar-refractivity contribution in [2.24, 2.45) is 0 Å². The minimum atomic E-state index is -0.462. The first kappa shape index (κ1) is 20.5. The van der Waals surface area contributed by atoms with Gasteiger partial charge in [-0.2, -0.15) is 10.2 Å². The topological polar surface area (TPSA) is 45.2 Å². The molecule has 5 rings (SSSR count). The Hall–Kier alpha value is -2.44. The van der Waals surface area contributed by atoms with Gasteiger partial charge in [0.15, 0.2) is 0 Å². The average molecular weight is 458 g/mol. The van der Waals surface area contributed by atoms with Crippen molar-refractivity contribution >= 4 is 34.7 Å². The number of fused-ring (bicyclic) bond motifs is 1. The van der Waals surface area contributed by atoms with E-state index in [1.54, 1.807) is 6.07 Å². The second kappa shape index (κ2) is 8.60. The van der Waals surface area contributed by atoms with Crippen LogP contribution in [0.4, 0.5) is 15.9 Å². The maximum atomic E-state index is 14.0. The third kappa shape index (κ3) is 4.06. The van der Waals surface area contributed by atoms with Crippen molar-refractivity contribution in [3.63, 3.8) is 0 Å². The van der Waals surface area contributed by atoms with E-state index in [-0.39, 0.29) is 5.02 Å². The zero-order valence-corrected chi connectivity index (χ0v) is 18.5. The van der Waals surface area contributed by atoms with E-state index >= 15 is 0 Å². The fraction of sp³-hybridized carbons (Fsp3) is 0.348. The van der Waals surface area contributed by atoms with Crippen LogP contribution in [0.25, 0.3) is 11.3 Å². The molecule has 0 radical (unpaired) electrons. The van der Waals surface area contributed by atoms with Crippen molar-refractivity contribution in [3.05, 3.63) is 63.6 Å². The van der Waals surface area contributed by atoms with Gasteiger partial charge in [-0.05, 0) is 56.0 Å². The first-order valence-corrected chi connectivity index (χ1v) is 11.3. The zero-order chi connectivity index (χ0) is 21.4. The molecule has 0 N–H and O–H groups in total. The molecule has 0 unspecified atom stereocenters. The van der Waals surface area contributed by atoms with Crippen LogP contribution in [0.15, 0.2) is 36.5 Å². The van der Waals surface area contributed by atoms with Gasteiger partial charge in [0, 0.05) is 48.5 Å². The summed E-state index contributed by atoms with van der Waals surface area (Å²) >= 11 is 12.5. The van der Waals surface area contributed by atoms with Crippen molar-refractivity contribution in [2.75, 3.05) is 29.4 Å². The molecule has 5 nitrogen and oxygen atoms in total. The van der Waals surface area contributed by atoms with E-state index < -0.39 is 5.82 Å². The summed E-state index contributed by atoms with van der Waals surface area (Å²) < 4.78 is 14.0. The highest BCUT2D eigenvalue weighted by Crippen LogP contribution is 2.34. The molecule has 160 valence electrons. The van der Waals surface area contributed by atoms with Crippen LogP contribution < -0.4 is 9.80 Å². The summed E-state index contributed by atoms with van der Waals surface area (Å²) in [6.07, 6.45) is 6.09. The van der Waals surface area contributed by atoms with Gasteiger partial charge in [0.2, 0.25) is 0 Å². The summed E-state index contributed by atoms with van der Waals surface area (Å²) in [6, 6.07) is 8.97. The lowest BCUT2D eigenvalue weighted by Gasteiger charge is -2.31. The molecule has 0 amide bonds. The molecule has 1 fully saturated rings. The summed E-state index contributed by atoms with van der Waals surface area (Å²) in [4.78, 5) is 9.09. The molecule has 1 aromatic carbocycles. The summed E-state index contributed by atoms with van der Waals surface area (Å²) in [5.41, 5.74) is 4.19. The van der Waals surface area contributed by atoms with Gasteiger partial charge in [-0.3, -0.25) is 0 Å². The normalized spacial score (nSPS) is 16.0. The molecule has 8 heteroatoms. The molecule has 2 aromatic heterocycles. The van der Waals surface area contributed by atoms with Crippen LogP contribution in [0, 0.1) is 5.82 Å². The highest BCUT2D eigenvalue weighted by Gasteiger charge is 2.23. The van der Waals surface area contributed by atoms with Gasteiger partial charge in [-0.15, -0.1) is 0 Å². The van der Waals surface area contributed by atoms with Crippen molar-refractivity contribution < 1.29 is 4.39 Å². The number of aromatic nitrogens is 3. The van der Waals surface area contributed by atoms with Gasteiger partial charge < -0.3 is 9.80 Å². The SMILES string of the molecule is Fc1ccc(Cl)c(CN2CCCc3nnc(-c4ccc(N5CCCC5)nc4)cc32)c1Cl. The van der Waals surface area contributed by atoms with Crippen LogP contribution in [0.3, 0.4) is 0 Å². The Balaban J connectivity index is 1.44. The molecular weight excluding hydrogens is 436 g/mol. The lowest BCUT2D eigenvalue weighted by Crippen LogP contribution is -2.30. The molecule has 0 spiro atoms. The Labute approximate surface area is 190 Å². The molecule has 0 saturated carbocycles. The van der Waals surface area contributed by atoms with E-state index in [0.717, 1.165) is 60.9 Å². The van der Waals surface area contributed by atoms with E-state index in [1.165, 1.54) is 18.9 Å². The minimum Gasteiger partial charge on any atom is -0.365 e. The van der Waals surface area contributed by atoms with Crippen LogP contribution in [0.1, 0.15) is 30.5 Å². The monoisotopic (exact) mass is 457 g/mol.